The Morgan fingerprint density at radius 1 is 1.28 bits per heavy atom. The number of phenols is 1. The standard InChI is InChI=1S/C12H12N2O3S/c15-10-2-12-11(16-7-17-12)1-8(10)3-13-4-9-5-18-6-14-9/h1-2,5-6,13,15H,3-4,7H2. The van der Waals surface area contributed by atoms with Crippen LogP contribution < -0.4 is 14.8 Å². The maximum atomic E-state index is 9.84. The molecule has 0 amide bonds. The number of rotatable bonds is 4. The number of nitrogens with one attached hydrogen (secondary N) is 1. The number of nitrogens with zero attached hydrogens (tertiary/aromatic N) is 1. The molecule has 1 aliphatic rings. The number of phenolic OH excluding ortho intramolecular Hbond substituents is 1. The average molecular weight is 264 g/mol. The lowest BCUT2D eigenvalue weighted by Crippen LogP contribution is -2.12. The lowest BCUT2D eigenvalue weighted by Gasteiger charge is -2.07. The summed E-state index contributed by atoms with van der Waals surface area (Å²) in [5, 5.41) is 15.1. The van der Waals surface area contributed by atoms with Crippen LogP contribution in [0, 0.1) is 0 Å². The van der Waals surface area contributed by atoms with E-state index in [9.17, 15) is 5.11 Å². The zero-order valence-electron chi connectivity index (χ0n) is 9.55. The number of benzene rings is 1. The van der Waals surface area contributed by atoms with Crippen LogP contribution >= 0.6 is 11.3 Å². The van der Waals surface area contributed by atoms with Crippen LogP contribution in [0.15, 0.2) is 23.0 Å². The van der Waals surface area contributed by atoms with Gasteiger partial charge in [0.05, 0.1) is 11.2 Å². The van der Waals surface area contributed by atoms with Gasteiger partial charge in [0.2, 0.25) is 6.79 Å². The zero-order valence-corrected chi connectivity index (χ0v) is 10.4. The minimum Gasteiger partial charge on any atom is -0.507 e. The van der Waals surface area contributed by atoms with Gasteiger partial charge in [0.1, 0.15) is 5.75 Å². The Morgan fingerprint density at radius 3 is 2.89 bits per heavy atom. The number of aromatic hydroxyl groups is 1. The Morgan fingerprint density at radius 2 is 2.11 bits per heavy atom. The third-order valence-corrected chi connectivity index (χ3v) is 3.31. The molecule has 1 aromatic heterocycles. The van der Waals surface area contributed by atoms with Crippen molar-refractivity contribution < 1.29 is 14.6 Å². The number of thiazole rings is 1. The second-order valence-electron chi connectivity index (χ2n) is 3.92. The van der Waals surface area contributed by atoms with Crippen LogP contribution in [0.3, 0.4) is 0 Å². The van der Waals surface area contributed by atoms with Crippen LogP contribution in [-0.2, 0) is 13.1 Å². The van der Waals surface area contributed by atoms with Gasteiger partial charge in [-0.25, -0.2) is 4.98 Å². The number of fused-ring (bicyclic) bond motifs is 1. The van der Waals surface area contributed by atoms with Crippen LogP contribution in [0.5, 0.6) is 17.2 Å². The highest BCUT2D eigenvalue weighted by Gasteiger charge is 2.16. The Kier molecular flexibility index (Phi) is 3.04. The van der Waals surface area contributed by atoms with Gasteiger partial charge in [-0.3, -0.25) is 0 Å². The van der Waals surface area contributed by atoms with Crippen molar-refractivity contribution in [2.24, 2.45) is 0 Å². The molecule has 0 spiro atoms. The molecule has 0 saturated carbocycles. The van der Waals surface area contributed by atoms with Gasteiger partial charge in [-0.2, -0.15) is 0 Å². The highest BCUT2D eigenvalue weighted by Crippen LogP contribution is 2.37. The second kappa shape index (κ2) is 4.83. The molecule has 0 bridgehead atoms. The Bertz CT molecular complexity index is 543. The first-order valence-corrected chi connectivity index (χ1v) is 6.46. The van der Waals surface area contributed by atoms with E-state index in [4.69, 9.17) is 9.47 Å². The summed E-state index contributed by atoms with van der Waals surface area (Å²) in [6, 6.07) is 3.38. The van der Waals surface area contributed by atoms with Crippen molar-refractivity contribution in [3.8, 4) is 17.2 Å². The fourth-order valence-electron chi connectivity index (χ4n) is 1.77. The highest BCUT2D eigenvalue weighted by atomic mass is 32.1. The smallest absolute Gasteiger partial charge is 0.231 e. The lowest BCUT2D eigenvalue weighted by atomic mass is 10.1. The van der Waals surface area contributed by atoms with E-state index in [2.05, 4.69) is 10.3 Å². The van der Waals surface area contributed by atoms with Crippen LogP contribution in [0.4, 0.5) is 0 Å². The van der Waals surface area contributed by atoms with Crippen molar-refractivity contribution in [1.82, 2.24) is 10.3 Å². The summed E-state index contributed by atoms with van der Waals surface area (Å²) >= 11 is 1.57. The molecule has 0 atom stereocenters. The van der Waals surface area contributed by atoms with Crippen molar-refractivity contribution in [2.75, 3.05) is 6.79 Å². The fraction of sp³-hybridized carbons (Fsp3) is 0.250. The van der Waals surface area contributed by atoms with Gasteiger partial charge in [0.25, 0.3) is 0 Å². The molecule has 1 aromatic carbocycles. The van der Waals surface area contributed by atoms with Crippen LogP contribution in [0.25, 0.3) is 0 Å². The van der Waals surface area contributed by atoms with Crippen molar-refractivity contribution in [1.29, 1.82) is 0 Å². The van der Waals surface area contributed by atoms with Crippen molar-refractivity contribution in [3.63, 3.8) is 0 Å². The monoisotopic (exact) mass is 264 g/mol. The molecule has 0 aliphatic carbocycles. The molecule has 5 nitrogen and oxygen atoms in total. The van der Waals surface area contributed by atoms with Crippen molar-refractivity contribution >= 4 is 11.3 Å². The van der Waals surface area contributed by atoms with Gasteiger partial charge in [0.15, 0.2) is 11.5 Å². The molecular formula is C12H12N2O3S. The predicted molar refractivity (Wildman–Crippen MR) is 66.9 cm³/mol. The molecule has 1 aliphatic heterocycles. The van der Waals surface area contributed by atoms with E-state index in [1.165, 1.54) is 0 Å². The second-order valence-corrected chi connectivity index (χ2v) is 4.64. The molecule has 2 N–H and O–H groups in total. The van der Waals surface area contributed by atoms with E-state index in [-0.39, 0.29) is 12.5 Å². The fourth-order valence-corrected chi connectivity index (χ4v) is 2.32. The quantitative estimate of drug-likeness (QED) is 0.882. The minimum atomic E-state index is 0.213. The van der Waals surface area contributed by atoms with E-state index in [0.717, 1.165) is 11.3 Å². The summed E-state index contributed by atoms with van der Waals surface area (Å²) < 4.78 is 10.5. The van der Waals surface area contributed by atoms with E-state index in [1.807, 2.05) is 5.38 Å². The van der Waals surface area contributed by atoms with Gasteiger partial charge < -0.3 is 19.9 Å². The van der Waals surface area contributed by atoms with Crippen LogP contribution in [-0.4, -0.2) is 16.9 Å². The number of hydrogen-bond acceptors (Lipinski definition) is 6. The lowest BCUT2D eigenvalue weighted by molar-refractivity contribution is 0.174. The Hall–Kier alpha value is -1.79. The van der Waals surface area contributed by atoms with E-state index < -0.39 is 0 Å². The summed E-state index contributed by atoms with van der Waals surface area (Å²) in [7, 11) is 0. The van der Waals surface area contributed by atoms with Gasteiger partial charge in [-0.1, -0.05) is 0 Å². The first kappa shape index (κ1) is 11.3. The molecule has 2 heterocycles. The summed E-state index contributed by atoms with van der Waals surface area (Å²) in [5.74, 6) is 1.49. The molecule has 3 rings (SSSR count). The topological polar surface area (TPSA) is 63.6 Å². The zero-order chi connectivity index (χ0) is 12.4. The van der Waals surface area contributed by atoms with Gasteiger partial charge in [-0.05, 0) is 6.07 Å². The molecule has 6 heteroatoms. The van der Waals surface area contributed by atoms with Gasteiger partial charge >= 0.3 is 0 Å². The predicted octanol–water partition coefficient (Wildman–Crippen LogP) is 1.87. The number of aromatic nitrogens is 1. The van der Waals surface area contributed by atoms with Crippen LogP contribution in [0.1, 0.15) is 11.3 Å². The molecule has 0 unspecified atom stereocenters. The summed E-state index contributed by atoms with van der Waals surface area (Å²) in [4.78, 5) is 4.18. The SMILES string of the molecule is Oc1cc2c(cc1CNCc1cscn1)OCO2. The molecule has 0 saturated heterocycles. The maximum absolute atomic E-state index is 9.84. The highest BCUT2D eigenvalue weighted by molar-refractivity contribution is 7.07. The first-order chi connectivity index (χ1) is 8.83. The molecule has 0 fully saturated rings. The van der Waals surface area contributed by atoms with Crippen molar-refractivity contribution in [2.45, 2.75) is 13.1 Å². The largest absolute Gasteiger partial charge is 0.507 e. The first-order valence-electron chi connectivity index (χ1n) is 5.52. The molecule has 2 aromatic rings. The molecule has 0 radical (unpaired) electrons. The van der Waals surface area contributed by atoms with Crippen LogP contribution in [0.2, 0.25) is 0 Å². The van der Waals surface area contributed by atoms with E-state index in [0.29, 0.717) is 24.6 Å². The maximum Gasteiger partial charge on any atom is 0.231 e. The Balaban J connectivity index is 1.66. The molecule has 18 heavy (non-hydrogen) atoms. The minimum absolute atomic E-state index is 0.213. The Labute approximate surface area is 108 Å². The number of hydrogen-bond donors (Lipinski definition) is 2. The van der Waals surface area contributed by atoms with Crippen molar-refractivity contribution in [3.05, 3.63) is 34.3 Å². The summed E-state index contributed by atoms with van der Waals surface area (Å²) in [5.41, 5.74) is 3.59. The van der Waals surface area contributed by atoms with Gasteiger partial charge in [0, 0.05) is 30.1 Å². The third kappa shape index (κ3) is 2.25. The average Bonchev–Trinajstić information content (AvgIpc) is 3.00. The summed E-state index contributed by atoms with van der Waals surface area (Å²) in [6.45, 7) is 1.45. The normalized spacial score (nSPS) is 12.9. The molecule has 94 valence electrons. The molecular weight excluding hydrogens is 252 g/mol. The summed E-state index contributed by atoms with van der Waals surface area (Å²) in [6.07, 6.45) is 0. The third-order valence-electron chi connectivity index (χ3n) is 2.68. The number of ether oxygens (including phenoxy) is 2. The van der Waals surface area contributed by atoms with E-state index >= 15 is 0 Å². The van der Waals surface area contributed by atoms with Gasteiger partial charge in [-0.15, -0.1) is 11.3 Å². The van der Waals surface area contributed by atoms with E-state index in [1.54, 1.807) is 29.0 Å².